The fraction of sp³-hybridized carbons (Fsp3) is 0.750. The first-order valence-electron chi connectivity index (χ1n) is 5.78. The third-order valence-electron chi connectivity index (χ3n) is 3.12. The Morgan fingerprint density at radius 3 is 2.47 bits per heavy atom. The van der Waals surface area contributed by atoms with Gasteiger partial charge < -0.3 is 4.74 Å². The quantitative estimate of drug-likeness (QED) is 0.747. The summed E-state index contributed by atoms with van der Waals surface area (Å²) in [4.78, 5) is 0. The molecular weight excluding hydrogens is 188 g/mol. The molecule has 1 aromatic heterocycles. The number of aromatic nitrogens is 2. The van der Waals surface area contributed by atoms with Gasteiger partial charge in [-0.05, 0) is 31.1 Å². The molecule has 0 aliphatic heterocycles. The fourth-order valence-electron chi connectivity index (χ4n) is 2.62. The number of nitrogens with zero attached hydrogens (tertiary/aromatic N) is 2. The lowest BCUT2D eigenvalue weighted by atomic mass is 9.82. The summed E-state index contributed by atoms with van der Waals surface area (Å²) in [5.41, 5.74) is 0. The lowest BCUT2D eigenvalue weighted by molar-refractivity contribution is 0.101. The maximum atomic E-state index is 5.93. The minimum absolute atomic E-state index is 0.382. The van der Waals surface area contributed by atoms with E-state index in [1.54, 1.807) is 10.9 Å². The maximum Gasteiger partial charge on any atom is 0.157 e. The minimum Gasteiger partial charge on any atom is -0.487 e. The van der Waals surface area contributed by atoms with Crippen LogP contribution in [0.5, 0.6) is 5.75 Å². The number of aryl methyl sites for hydroxylation is 1. The van der Waals surface area contributed by atoms with E-state index in [0.717, 1.165) is 17.6 Å². The van der Waals surface area contributed by atoms with Crippen LogP contribution >= 0.6 is 0 Å². The molecule has 0 saturated heterocycles. The molecule has 0 spiro atoms. The molecular formula is C12H20N2O. The second-order valence-electron chi connectivity index (χ2n) is 5.01. The topological polar surface area (TPSA) is 27.1 Å². The number of ether oxygens (including phenoxy) is 1. The van der Waals surface area contributed by atoms with Crippen molar-refractivity contribution in [2.24, 2.45) is 18.9 Å². The summed E-state index contributed by atoms with van der Waals surface area (Å²) in [6.45, 7) is 4.63. The Hall–Kier alpha value is -0.990. The molecule has 0 N–H and O–H groups in total. The van der Waals surface area contributed by atoms with E-state index >= 15 is 0 Å². The molecule has 3 nitrogen and oxygen atoms in total. The lowest BCUT2D eigenvalue weighted by Crippen LogP contribution is -2.28. The van der Waals surface area contributed by atoms with E-state index in [9.17, 15) is 0 Å². The van der Waals surface area contributed by atoms with Crippen LogP contribution in [-0.2, 0) is 7.05 Å². The van der Waals surface area contributed by atoms with E-state index in [2.05, 4.69) is 18.9 Å². The van der Waals surface area contributed by atoms with Gasteiger partial charge in [0.1, 0.15) is 0 Å². The van der Waals surface area contributed by atoms with Gasteiger partial charge in [-0.25, -0.2) is 0 Å². The molecule has 2 rings (SSSR count). The van der Waals surface area contributed by atoms with Gasteiger partial charge in [-0.3, -0.25) is 4.68 Å². The van der Waals surface area contributed by atoms with Gasteiger partial charge in [-0.15, -0.1) is 0 Å². The molecule has 0 bridgehead atoms. The van der Waals surface area contributed by atoms with Crippen LogP contribution in [0, 0.1) is 11.8 Å². The fourth-order valence-corrected chi connectivity index (χ4v) is 2.62. The van der Waals surface area contributed by atoms with Crippen molar-refractivity contribution in [2.75, 3.05) is 0 Å². The highest BCUT2D eigenvalue weighted by molar-refractivity contribution is 5.12. The van der Waals surface area contributed by atoms with Gasteiger partial charge in [0.15, 0.2) is 5.75 Å². The van der Waals surface area contributed by atoms with Crippen LogP contribution in [0.4, 0.5) is 0 Å². The van der Waals surface area contributed by atoms with Gasteiger partial charge in [0, 0.05) is 7.05 Å². The lowest BCUT2D eigenvalue weighted by Gasteiger charge is -2.31. The molecule has 1 heterocycles. The maximum absolute atomic E-state index is 5.93. The van der Waals surface area contributed by atoms with Crippen molar-refractivity contribution >= 4 is 0 Å². The van der Waals surface area contributed by atoms with Gasteiger partial charge >= 0.3 is 0 Å². The molecule has 2 unspecified atom stereocenters. The summed E-state index contributed by atoms with van der Waals surface area (Å²) in [6, 6.07) is 0. The second-order valence-corrected chi connectivity index (χ2v) is 5.01. The number of hydrogen-bond donors (Lipinski definition) is 0. The van der Waals surface area contributed by atoms with Crippen LogP contribution in [0.2, 0.25) is 0 Å². The molecule has 1 saturated carbocycles. The van der Waals surface area contributed by atoms with Crippen molar-refractivity contribution in [2.45, 2.75) is 39.2 Å². The Bertz CT molecular complexity index is 311. The van der Waals surface area contributed by atoms with Crippen molar-refractivity contribution in [1.29, 1.82) is 0 Å². The molecule has 1 aliphatic carbocycles. The van der Waals surface area contributed by atoms with Crippen molar-refractivity contribution in [3.05, 3.63) is 12.4 Å². The van der Waals surface area contributed by atoms with E-state index in [1.807, 2.05) is 13.2 Å². The SMILES string of the molecule is CC1CC(C)CC(Oc2cnn(C)c2)C1. The summed E-state index contributed by atoms with van der Waals surface area (Å²) in [5, 5.41) is 4.11. The summed E-state index contributed by atoms with van der Waals surface area (Å²) in [5.74, 6) is 2.48. The molecule has 84 valence electrons. The molecule has 1 aromatic rings. The van der Waals surface area contributed by atoms with Crippen LogP contribution in [0.15, 0.2) is 12.4 Å². The first kappa shape index (κ1) is 10.5. The van der Waals surface area contributed by atoms with Gasteiger partial charge in [0.05, 0.1) is 18.5 Å². The summed E-state index contributed by atoms with van der Waals surface area (Å²) >= 11 is 0. The van der Waals surface area contributed by atoms with E-state index in [0.29, 0.717) is 6.10 Å². The van der Waals surface area contributed by atoms with Crippen LogP contribution in [0.25, 0.3) is 0 Å². The van der Waals surface area contributed by atoms with Crippen molar-refractivity contribution in [3.8, 4) is 5.75 Å². The van der Waals surface area contributed by atoms with E-state index in [-0.39, 0.29) is 0 Å². The Kier molecular flexibility index (Phi) is 2.98. The summed E-state index contributed by atoms with van der Waals surface area (Å²) < 4.78 is 7.72. The molecule has 3 heteroatoms. The van der Waals surface area contributed by atoms with E-state index in [4.69, 9.17) is 4.74 Å². The van der Waals surface area contributed by atoms with Gasteiger partial charge in [-0.1, -0.05) is 13.8 Å². The first-order chi connectivity index (χ1) is 7.13. The highest BCUT2D eigenvalue weighted by atomic mass is 16.5. The third-order valence-corrected chi connectivity index (χ3v) is 3.12. The average molecular weight is 208 g/mol. The van der Waals surface area contributed by atoms with Gasteiger partial charge in [0.25, 0.3) is 0 Å². The number of hydrogen-bond acceptors (Lipinski definition) is 2. The van der Waals surface area contributed by atoms with Crippen molar-refractivity contribution in [3.63, 3.8) is 0 Å². The Morgan fingerprint density at radius 1 is 1.27 bits per heavy atom. The molecule has 1 fully saturated rings. The Labute approximate surface area is 91.4 Å². The zero-order valence-electron chi connectivity index (χ0n) is 9.81. The first-order valence-corrected chi connectivity index (χ1v) is 5.78. The minimum atomic E-state index is 0.382. The van der Waals surface area contributed by atoms with E-state index < -0.39 is 0 Å². The van der Waals surface area contributed by atoms with E-state index in [1.165, 1.54) is 19.3 Å². The van der Waals surface area contributed by atoms with Crippen LogP contribution in [0.1, 0.15) is 33.1 Å². The second kappa shape index (κ2) is 4.25. The molecule has 0 aromatic carbocycles. The van der Waals surface area contributed by atoms with Gasteiger partial charge in [-0.2, -0.15) is 5.10 Å². The largest absolute Gasteiger partial charge is 0.487 e. The monoisotopic (exact) mass is 208 g/mol. The van der Waals surface area contributed by atoms with Crippen LogP contribution < -0.4 is 4.74 Å². The predicted molar refractivity (Wildman–Crippen MR) is 59.8 cm³/mol. The zero-order valence-corrected chi connectivity index (χ0v) is 9.81. The van der Waals surface area contributed by atoms with Crippen molar-refractivity contribution < 1.29 is 4.74 Å². The standard InChI is InChI=1S/C12H20N2O/c1-9-4-10(2)6-11(5-9)15-12-7-13-14(3)8-12/h7-11H,4-6H2,1-3H3. The normalized spacial score (nSPS) is 31.5. The molecule has 15 heavy (non-hydrogen) atoms. The van der Waals surface area contributed by atoms with Crippen molar-refractivity contribution in [1.82, 2.24) is 9.78 Å². The van der Waals surface area contributed by atoms with Crippen LogP contribution in [-0.4, -0.2) is 15.9 Å². The summed E-state index contributed by atoms with van der Waals surface area (Å²) in [6.07, 6.45) is 7.81. The highest BCUT2D eigenvalue weighted by Gasteiger charge is 2.25. The zero-order chi connectivity index (χ0) is 10.8. The predicted octanol–water partition coefficient (Wildman–Crippen LogP) is 2.62. The Morgan fingerprint density at radius 2 is 1.93 bits per heavy atom. The average Bonchev–Trinajstić information content (AvgIpc) is 2.49. The number of rotatable bonds is 2. The van der Waals surface area contributed by atoms with Crippen LogP contribution in [0.3, 0.4) is 0 Å². The Balaban J connectivity index is 1.94. The highest BCUT2D eigenvalue weighted by Crippen LogP contribution is 2.31. The van der Waals surface area contributed by atoms with Gasteiger partial charge in [0.2, 0.25) is 0 Å². The third kappa shape index (κ3) is 2.74. The smallest absolute Gasteiger partial charge is 0.157 e. The molecule has 2 atom stereocenters. The molecule has 0 amide bonds. The molecule has 1 aliphatic rings. The summed E-state index contributed by atoms with van der Waals surface area (Å²) in [7, 11) is 1.92. The molecule has 0 radical (unpaired) electrons.